The maximum absolute atomic E-state index is 12.5. The van der Waals surface area contributed by atoms with Crippen molar-refractivity contribution in [2.24, 2.45) is 5.92 Å². The molecule has 1 amide bonds. The van der Waals surface area contributed by atoms with Gasteiger partial charge in [-0.2, -0.15) is 0 Å². The molecule has 5 nitrogen and oxygen atoms in total. The fourth-order valence-corrected chi connectivity index (χ4v) is 4.57. The molecule has 1 saturated carbocycles. The molecule has 0 radical (unpaired) electrons. The molecule has 1 aromatic carbocycles. The standard InChI is InChI=1S/C19H19NO4S/c1-10-5-7-25-17(10)13-9-14(13)18(21)20-16(19(22)23)12-2-3-15-11(8-12)4-6-24-15/h2-3,5,7-8,13-14,16H,4,6,9H2,1H3,(H,20,21)(H,22,23). The van der Waals surface area contributed by atoms with Crippen molar-refractivity contribution < 1.29 is 19.4 Å². The van der Waals surface area contributed by atoms with Crippen LogP contribution in [0.4, 0.5) is 0 Å². The van der Waals surface area contributed by atoms with Crippen LogP contribution in [0.3, 0.4) is 0 Å². The van der Waals surface area contributed by atoms with Crippen molar-refractivity contribution in [1.82, 2.24) is 5.32 Å². The van der Waals surface area contributed by atoms with Crippen LogP contribution in [-0.4, -0.2) is 23.6 Å². The van der Waals surface area contributed by atoms with Gasteiger partial charge < -0.3 is 15.2 Å². The van der Waals surface area contributed by atoms with E-state index in [1.54, 1.807) is 23.5 Å². The van der Waals surface area contributed by atoms with Gasteiger partial charge in [0.2, 0.25) is 5.91 Å². The number of fused-ring (bicyclic) bond motifs is 1. The van der Waals surface area contributed by atoms with E-state index < -0.39 is 12.0 Å². The molecule has 130 valence electrons. The van der Waals surface area contributed by atoms with E-state index in [-0.39, 0.29) is 17.7 Å². The maximum atomic E-state index is 12.5. The summed E-state index contributed by atoms with van der Waals surface area (Å²) < 4.78 is 5.46. The number of benzene rings is 1. The second kappa shape index (κ2) is 6.19. The summed E-state index contributed by atoms with van der Waals surface area (Å²) in [6, 6.07) is 6.37. The van der Waals surface area contributed by atoms with Crippen LogP contribution in [0.15, 0.2) is 29.6 Å². The Labute approximate surface area is 149 Å². The zero-order chi connectivity index (χ0) is 17.6. The number of aryl methyl sites for hydroxylation is 1. The summed E-state index contributed by atoms with van der Waals surface area (Å²) in [7, 11) is 0. The van der Waals surface area contributed by atoms with Crippen molar-refractivity contribution in [3.05, 3.63) is 51.2 Å². The first kappa shape index (κ1) is 16.1. The molecular formula is C19H19NO4S. The van der Waals surface area contributed by atoms with Crippen molar-refractivity contribution in [2.45, 2.75) is 31.7 Å². The van der Waals surface area contributed by atoms with Crippen LogP contribution in [0.1, 0.15) is 39.9 Å². The number of carboxylic acid groups (broad SMARTS) is 1. The summed E-state index contributed by atoms with van der Waals surface area (Å²) in [5.41, 5.74) is 2.80. The topological polar surface area (TPSA) is 75.6 Å². The fourth-order valence-electron chi connectivity index (χ4n) is 3.46. The highest BCUT2D eigenvalue weighted by Crippen LogP contribution is 2.50. The smallest absolute Gasteiger partial charge is 0.330 e. The molecule has 0 saturated heterocycles. The summed E-state index contributed by atoms with van der Waals surface area (Å²) in [6.45, 7) is 2.67. The number of carboxylic acids is 1. The Hall–Kier alpha value is -2.34. The summed E-state index contributed by atoms with van der Waals surface area (Å²) >= 11 is 1.67. The van der Waals surface area contributed by atoms with Crippen molar-refractivity contribution in [3.63, 3.8) is 0 Å². The molecule has 1 aliphatic heterocycles. The zero-order valence-corrected chi connectivity index (χ0v) is 14.6. The van der Waals surface area contributed by atoms with Gasteiger partial charge in [0, 0.05) is 23.1 Å². The van der Waals surface area contributed by atoms with Gasteiger partial charge in [0.15, 0.2) is 6.04 Å². The number of ether oxygens (including phenoxy) is 1. The Morgan fingerprint density at radius 1 is 1.36 bits per heavy atom. The molecule has 2 aromatic rings. The van der Waals surface area contributed by atoms with Gasteiger partial charge in [0.05, 0.1) is 6.61 Å². The van der Waals surface area contributed by atoms with Crippen molar-refractivity contribution >= 4 is 23.2 Å². The number of rotatable bonds is 5. The van der Waals surface area contributed by atoms with Crippen LogP contribution in [0.5, 0.6) is 5.75 Å². The number of aliphatic carboxylic acids is 1. The van der Waals surface area contributed by atoms with Crippen molar-refractivity contribution in [1.29, 1.82) is 0 Å². The lowest BCUT2D eigenvalue weighted by Crippen LogP contribution is -2.35. The monoisotopic (exact) mass is 357 g/mol. The summed E-state index contributed by atoms with van der Waals surface area (Å²) in [5, 5.41) is 14.3. The van der Waals surface area contributed by atoms with E-state index in [2.05, 4.69) is 11.4 Å². The first-order chi connectivity index (χ1) is 12.0. The lowest BCUT2D eigenvalue weighted by Gasteiger charge is -2.16. The number of carbonyl (C=O) groups excluding carboxylic acids is 1. The van der Waals surface area contributed by atoms with Crippen LogP contribution in [0.25, 0.3) is 0 Å². The third-order valence-corrected chi connectivity index (χ3v) is 6.10. The molecule has 2 aliphatic rings. The van der Waals surface area contributed by atoms with E-state index in [1.807, 2.05) is 18.4 Å². The number of nitrogens with one attached hydrogen (secondary N) is 1. The minimum atomic E-state index is -1.04. The average Bonchev–Trinajstić information content (AvgIpc) is 3.03. The molecule has 1 aromatic heterocycles. The van der Waals surface area contributed by atoms with E-state index in [0.29, 0.717) is 12.2 Å². The molecule has 3 atom stereocenters. The summed E-state index contributed by atoms with van der Waals surface area (Å²) in [4.78, 5) is 25.5. The summed E-state index contributed by atoms with van der Waals surface area (Å²) in [5.74, 6) is -0.326. The number of hydrogen-bond donors (Lipinski definition) is 2. The number of hydrogen-bond acceptors (Lipinski definition) is 4. The summed E-state index contributed by atoms with van der Waals surface area (Å²) in [6.07, 6.45) is 1.56. The molecular weight excluding hydrogens is 338 g/mol. The van der Waals surface area contributed by atoms with Gasteiger partial charge in [-0.05, 0) is 53.6 Å². The number of thiophene rings is 1. The van der Waals surface area contributed by atoms with Gasteiger partial charge in [0.25, 0.3) is 0 Å². The highest BCUT2D eigenvalue weighted by atomic mass is 32.1. The molecule has 2 N–H and O–H groups in total. The van der Waals surface area contributed by atoms with Gasteiger partial charge in [-0.25, -0.2) is 4.79 Å². The zero-order valence-electron chi connectivity index (χ0n) is 13.8. The molecule has 3 unspecified atom stereocenters. The molecule has 0 bridgehead atoms. The van der Waals surface area contributed by atoms with E-state index in [4.69, 9.17) is 4.74 Å². The van der Waals surface area contributed by atoms with Gasteiger partial charge in [-0.3, -0.25) is 4.79 Å². The Morgan fingerprint density at radius 3 is 2.92 bits per heavy atom. The van der Waals surface area contributed by atoms with E-state index in [9.17, 15) is 14.7 Å². The second-order valence-corrected chi connectivity index (χ2v) is 7.61. The molecule has 0 spiro atoms. The Morgan fingerprint density at radius 2 is 2.20 bits per heavy atom. The lowest BCUT2D eigenvalue weighted by atomic mass is 10.0. The second-order valence-electron chi connectivity index (χ2n) is 6.66. The third kappa shape index (κ3) is 3.02. The first-order valence-electron chi connectivity index (χ1n) is 8.37. The normalized spacial score (nSPS) is 22.0. The van der Waals surface area contributed by atoms with Crippen LogP contribution < -0.4 is 10.1 Å². The van der Waals surface area contributed by atoms with Crippen LogP contribution in [-0.2, 0) is 16.0 Å². The SMILES string of the molecule is Cc1ccsc1C1CC1C(=O)NC(C(=O)O)c1ccc2c(c1)CCO2. The van der Waals surface area contributed by atoms with Crippen molar-refractivity contribution in [3.8, 4) is 5.75 Å². The molecule has 2 heterocycles. The molecule has 25 heavy (non-hydrogen) atoms. The Balaban J connectivity index is 1.48. The van der Waals surface area contributed by atoms with Crippen LogP contribution in [0.2, 0.25) is 0 Å². The number of amides is 1. The molecule has 1 aliphatic carbocycles. The van der Waals surface area contributed by atoms with Crippen molar-refractivity contribution in [2.75, 3.05) is 6.61 Å². The van der Waals surface area contributed by atoms with Gasteiger partial charge in [-0.15, -0.1) is 11.3 Å². The van der Waals surface area contributed by atoms with E-state index >= 15 is 0 Å². The molecule has 1 fully saturated rings. The maximum Gasteiger partial charge on any atom is 0.330 e. The van der Waals surface area contributed by atoms with Crippen LogP contribution >= 0.6 is 11.3 Å². The quantitative estimate of drug-likeness (QED) is 0.862. The Kier molecular flexibility index (Phi) is 4.00. The van der Waals surface area contributed by atoms with Gasteiger partial charge >= 0.3 is 5.97 Å². The van der Waals surface area contributed by atoms with Crippen LogP contribution in [0, 0.1) is 12.8 Å². The molecule has 6 heteroatoms. The van der Waals surface area contributed by atoms with Gasteiger partial charge in [-0.1, -0.05) is 6.07 Å². The minimum absolute atomic E-state index is 0.128. The highest BCUT2D eigenvalue weighted by molar-refractivity contribution is 7.10. The lowest BCUT2D eigenvalue weighted by molar-refractivity contribution is -0.142. The Bertz CT molecular complexity index is 844. The fraction of sp³-hybridized carbons (Fsp3) is 0.368. The predicted octanol–water partition coefficient (Wildman–Crippen LogP) is 3.04. The van der Waals surface area contributed by atoms with E-state index in [1.165, 1.54) is 10.4 Å². The third-order valence-electron chi connectivity index (χ3n) is 4.95. The molecule has 4 rings (SSSR count). The predicted molar refractivity (Wildman–Crippen MR) is 94.1 cm³/mol. The first-order valence-corrected chi connectivity index (χ1v) is 9.25. The van der Waals surface area contributed by atoms with E-state index in [0.717, 1.165) is 24.2 Å². The van der Waals surface area contributed by atoms with Gasteiger partial charge in [0.1, 0.15) is 5.75 Å². The highest BCUT2D eigenvalue weighted by Gasteiger charge is 2.46. The minimum Gasteiger partial charge on any atom is -0.493 e. The number of carbonyl (C=O) groups is 2. The average molecular weight is 357 g/mol. The largest absolute Gasteiger partial charge is 0.493 e.